The highest BCUT2D eigenvalue weighted by atomic mass is 16.3. The van der Waals surface area contributed by atoms with Gasteiger partial charge in [0.2, 0.25) is 0 Å². The molecule has 0 aliphatic heterocycles. The molecule has 0 atom stereocenters. The van der Waals surface area contributed by atoms with Gasteiger partial charge in [-0.1, -0.05) is 12.1 Å². The molecule has 5 nitrogen and oxygen atoms in total. The zero-order valence-corrected chi connectivity index (χ0v) is 12.4. The summed E-state index contributed by atoms with van der Waals surface area (Å²) in [6.07, 6.45) is 0.869. The SMILES string of the molecule is CN(CCCn1c(=O)[nH]c2ccccc21)CC(C)(C)O. The van der Waals surface area contributed by atoms with Gasteiger partial charge in [-0.3, -0.25) is 4.57 Å². The van der Waals surface area contributed by atoms with Crippen molar-refractivity contribution in [3.63, 3.8) is 0 Å². The standard InChI is InChI=1S/C15H23N3O2/c1-15(2,20)11-17(3)9-6-10-18-13-8-5-4-7-12(13)16-14(18)19/h4-5,7-8,20H,6,9-11H2,1-3H3,(H,16,19). The summed E-state index contributed by atoms with van der Waals surface area (Å²) in [6, 6.07) is 7.72. The average Bonchev–Trinajstić information content (AvgIpc) is 2.64. The van der Waals surface area contributed by atoms with Crippen molar-refractivity contribution in [2.75, 3.05) is 20.1 Å². The van der Waals surface area contributed by atoms with Crippen LogP contribution < -0.4 is 5.69 Å². The highest BCUT2D eigenvalue weighted by Gasteiger charge is 2.15. The summed E-state index contributed by atoms with van der Waals surface area (Å²) >= 11 is 0. The van der Waals surface area contributed by atoms with Crippen LogP contribution in [0.25, 0.3) is 11.0 Å². The molecule has 1 aromatic heterocycles. The van der Waals surface area contributed by atoms with Crippen molar-refractivity contribution in [2.24, 2.45) is 0 Å². The number of H-pyrrole nitrogens is 1. The molecule has 0 amide bonds. The van der Waals surface area contributed by atoms with Crippen LogP contribution in [0.3, 0.4) is 0 Å². The number of para-hydroxylation sites is 2. The summed E-state index contributed by atoms with van der Waals surface area (Å²) in [7, 11) is 1.98. The third-order valence-corrected chi connectivity index (χ3v) is 3.26. The Labute approximate surface area is 118 Å². The Morgan fingerprint density at radius 2 is 2.05 bits per heavy atom. The summed E-state index contributed by atoms with van der Waals surface area (Å²) in [4.78, 5) is 16.8. The topological polar surface area (TPSA) is 61.3 Å². The minimum Gasteiger partial charge on any atom is -0.389 e. The summed E-state index contributed by atoms with van der Waals surface area (Å²) in [5.41, 5.74) is 1.08. The minimum absolute atomic E-state index is 0.0589. The van der Waals surface area contributed by atoms with E-state index >= 15 is 0 Å². The Morgan fingerprint density at radius 3 is 2.75 bits per heavy atom. The van der Waals surface area contributed by atoms with Crippen LogP contribution in [-0.2, 0) is 6.54 Å². The lowest BCUT2D eigenvalue weighted by Gasteiger charge is -2.25. The van der Waals surface area contributed by atoms with Gasteiger partial charge in [-0.05, 0) is 46.0 Å². The van der Waals surface area contributed by atoms with Gasteiger partial charge >= 0.3 is 5.69 Å². The van der Waals surface area contributed by atoms with Gasteiger partial charge in [-0.25, -0.2) is 4.79 Å². The third kappa shape index (κ3) is 3.71. The first kappa shape index (κ1) is 14.8. The molecule has 0 bridgehead atoms. The van der Waals surface area contributed by atoms with Crippen molar-refractivity contribution >= 4 is 11.0 Å². The van der Waals surface area contributed by atoms with E-state index in [1.54, 1.807) is 18.4 Å². The summed E-state index contributed by atoms with van der Waals surface area (Å²) in [5.74, 6) is 0. The zero-order valence-electron chi connectivity index (χ0n) is 12.4. The van der Waals surface area contributed by atoms with Crippen LogP contribution in [0.15, 0.2) is 29.1 Å². The summed E-state index contributed by atoms with van der Waals surface area (Å²) in [6.45, 7) is 5.74. The predicted octanol–water partition coefficient (Wildman–Crippen LogP) is 1.42. The number of rotatable bonds is 6. The molecule has 0 radical (unpaired) electrons. The quantitative estimate of drug-likeness (QED) is 0.839. The molecule has 0 unspecified atom stereocenters. The van der Waals surface area contributed by atoms with Gasteiger partial charge < -0.3 is 15.0 Å². The Kier molecular flexibility index (Phi) is 4.30. The number of benzene rings is 1. The molecule has 0 saturated heterocycles. The van der Waals surface area contributed by atoms with Crippen LogP contribution in [0.2, 0.25) is 0 Å². The molecule has 0 spiro atoms. The fourth-order valence-corrected chi connectivity index (χ4v) is 2.57. The van der Waals surface area contributed by atoms with E-state index in [4.69, 9.17) is 0 Å². The number of imidazole rings is 1. The number of aryl methyl sites for hydroxylation is 1. The first-order chi connectivity index (χ1) is 9.37. The number of likely N-dealkylation sites (N-methyl/N-ethyl adjacent to an activating group) is 1. The van der Waals surface area contributed by atoms with E-state index in [1.165, 1.54) is 0 Å². The number of aromatic amines is 1. The van der Waals surface area contributed by atoms with Crippen molar-refractivity contribution in [1.29, 1.82) is 0 Å². The number of aromatic nitrogens is 2. The molecule has 0 fully saturated rings. The van der Waals surface area contributed by atoms with Crippen LogP contribution >= 0.6 is 0 Å². The molecule has 0 aliphatic rings. The molecule has 1 heterocycles. The van der Waals surface area contributed by atoms with E-state index in [0.717, 1.165) is 24.0 Å². The first-order valence-electron chi connectivity index (χ1n) is 6.95. The smallest absolute Gasteiger partial charge is 0.326 e. The molecule has 2 N–H and O–H groups in total. The Hall–Kier alpha value is -1.59. The van der Waals surface area contributed by atoms with E-state index in [0.29, 0.717) is 13.1 Å². The number of hydrogen-bond acceptors (Lipinski definition) is 3. The lowest BCUT2D eigenvalue weighted by molar-refractivity contribution is 0.0440. The molecule has 1 aromatic carbocycles. The largest absolute Gasteiger partial charge is 0.389 e. The predicted molar refractivity (Wildman–Crippen MR) is 81.0 cm³/mol. The molecular weight excluding hydrogens is 254 g/mol. The zero-order chi connectivity index (χ0) is 14.8. The maximum absolute atomic E-state index is 11.9. The molecule has 2 aromatic rings. The third-order valence-electron chi connectivity index (χ3n) is 3.26. The molecule has 2 rings (SSSR count). The van der Waals surface area contributed by atoms with Gasteiger partial charge in [0, 0.05) is 13.1 Å². The summed E-state index contributed by atoms with van der Waals surface area (Å²) in [5, 5.41) is 9.75. The number of fused-ring (bicyclic) bond motifs is 1. The van der Waals surface area contributed by atoms with Crippen LogP contribution in [-0.4, -0.2) is 45.3 Å². The van der Waals surface area contributed by atoms with Gasteiger partial charge in [0.1, 0.15) is 0 Å². The molecular formula is C15H23N3O2. The number of aliphatic hydroxyl groups is 1. The molecule has 0 saturated carbocycles. The van der Waals surface area contributed by atoms with Gasteiger partial charge in [-0.2, -0.15) is 0 Å². The Balaban J connectivity index is 1.97. The van der Waals surface area contributed by atoms with Gasteiger partial charge in [0.25, 0.3) is 0 Å². The van der Waals surface area contributed by atoms with Gasteiger partial charge in [0.15, 0.2) is 0 Å². The molecule has 0 aliphatic carbocycles. The number of nitrogens with zero attached hydrogens (tertiary/aromatic N) is 2. The first-order valence-corrected chi connectivity index (χ1v) is 6.95. The summed E-state index contributed by atoms with van der Waals surface area (Å²) < 4.78 is 1.77. The van der Waals surface area contributed by atoms with Crippen molar-refractivity contribution in [1.82, 2.24) is 14.5 Å². The fourth-order valence-electron chi connectivity index (χ4n) is 2.57. The molecule has 5 heteroatoms. The highest BCUT2D eigenvalue weighted by Crippen LogP contribution is 2.10. The van der Waals surface area contributed by atoms with E-state index in [2.05, 4.69) is 9.88 Å². The van der Waals surface area contributed by atoms with E-state index in [-0.39, 0.29) is 5.69 Å². The second-order valence-corrected chi connectivity index (χ2v) is 6.00. The molecule has 20 heavy (non-hydrogen) atoms. The van der Waals surface area contributed by atoms with Crippen molar-refractivity contribution in [2.45, 2.75) is 32.4 Å². The Morgan fingerprint density at radius 1 is 1.35 bits per heavy atom. The van der Waals surface area contributed by atoms with Crippen molar-refractivity contribution in [3.8, 4) is 0 Å². The lowest BCUT2D eigenvalue weighted by atomic mass is 10.1. The maximum Gasteiger partial charge on any atom is 0.326 e. The van der Waals surface area contributed by atoms with E-state index < -0.39 is 5.60 Å². The van der Waals surface area contributed by atoms with Crippen molar-refractivity contribution < 1.29 is 5.11 Å². The Bertz CT molecular complexity index is 622. The van der Waals surface area contributed by atoms with Crippen molar-refractivity contribution in [3.05, 3.63) is 34.7 Å². The van der Waals surface area contributed by atoms with Crippen LogP contribution in [0.4, 0.5) is 0 Å². The van der Waals surface area contributed by atoms with Crippen LogP contribution in [0.1, 0.15) is 20.3 Å². The second-order valence-electron chi connectivity index (χ2n) is 6.00. The highest BCUT2D eigenvalue weighted by molar-refractivity contribution is 5.74. The second kappa shape index (κ2) is 5.81. The fraction of sp³-hybridized carbons (Fsp3) is 0.533. The van der Waals surface area contributed by atoms with E-state index in [1.807, 2.05) is 31.3 Å². The van der Waals surface area contributed by atoms with Crippen LogP contribution in [0.5, 0.6) is 0 Å². The van der Waals surface area contributed by atoms with Gasteiger partial charge in [0.05, 0.1) is 16.6 Å². The lowest BCUT2D eigenvalue weighted by Crippen LogP contribution is -2.37. The van der Waals surface area contributed by atoms with Gasteiger partial charge in [-0.15, -0.1) is 0 Å². The van der Waals surface area contributed by atoms with Crippen LogP contribution in [0, 0.1) is 0 Å². The maximum atomic E-state index is 11.9. The number of nitrogens with one attached hydrogen (secondary N) is 1. The normalized spacial score (nSPS) is 12.4. The minimum atomic E-state index is -0.688. The monoisotopic (exact) mass is 277 g/mol. The average molecular weight is 277 g/mol. The molecule has 110 valence electrons. The van der Waals surface area contributed by atoms with E-state index in [9.17, 15) is 9.90 Å². The number of hydrogen-bond donors (Lipinski definition) is 2.